The Labute approximate surface area is 110 Å². The van der Waals surface area contributed by atoms with E-state index in [-0.39, 0.29) is 5.91 Å². The molecule has 0 bridgehead atoms. The number of hydrogen-bond donors (Lipinski definition) is 1. The number of nitrogens with one attached hydrogen (secondary N) is 1. The summed E-state index contributed by atoms with van der Waals surface area (Å²) in [7, 11) is 1.60. The van der Waals surface area contributed by atoms with Crippen molar-refractivity contribution in [1.29, 1.82) is 0 Å². The zero-order chi connectivity index (χ0) is 13.0. The van der Waals surface area contributed by atoms with Crippen LogP contribution in [0.1, 0.15) is 10.7 Å². The van der Waals surface area contributed by atoms with Crippen molar-refractivity contribution in [2.24, 2.45) is 0 Å². The predicted molar refractivity (Wildman–Crippen MR) is 72.2 cm³/mol. The molecule has 0 aliphatic rings. The third-order valence-corrected chi connectivity index (χ3v) is 3.18. The van der Waals surface area contributed by atoms with Crippen LogP contribution in [-0.4, -0.2) is 18.0 Å². The second kappa shape index (κ2) is 5.64. The number of amides is 1. The van der Waals surface area contributed by atoms with Gasteiger partial charge in [0.2, 0.25) is 5.91 Å². The molecule has 0 fully saturated rings. The number of hydrogen-bond acceptors (Lipinski definition) is 4. The van der Waals surface area contributed by atoms with Crippen LogP contribution in [0.4, 0.5) is 5.69 Å². The van der Waals surface area contributed by atoms with Crippen LogP contribution in [0.2, 0.25) is 0 Å². The highest BCUT2D eigenvalue weighted by atomic mass is 32.1. The molecule has 0 unspecified atom stereocenters. The monoisotopic (exact) mass is 262 g/mol. The van der Waals surface area contributed by atoms with Gasteiger partial charge in [-0.2, -0.15) is 0 Å². The van der Waals surface area contributed by atoms with Crippen molar-refractivity contribution in [1.82, 2.24) is 4.98 Å². The molecule has 1 heterocycles. The van der Waals surface area contributed by atoms with Gasteiger partial charge in [-0.05, 0) is 19.1 Å². The molecule has 2 rings (SSSR count). The average Bonchev–Trinajstić information content (AvgIpc) is 2.74. The van der Waals surface area contributed by atoms with E-state index in [1.807, 2.05) is 30.5 Å². The number of aromatic nitrogens is 1. The molecule has 4 nitrogen and oxygen atoms in total. The lowest BCUT2D eigenvalue weighted by molar-refractivity contribution is -0.115. The molecule has 0 atom stereocenters. The molecule has 0 aliphatic carbocycles. The van der Waals surface area contributed by atoms with E-state index in [1.54, 1.807) is 24.5 Å². The number of anilines is 1. The van der Waals surface area contributed by atoms with Crippen LogP contribution in [0, 0.1) is 6.92 Å². The Morgan fingerprint density at radius 1 is 1.50 bits per heavy atom. The van der Waals surface area contributed by atoms with Gasteiger partial charge in [-0.3, -0.25) is 4.79 Å². The van der Waals surface area contributed by atoms with Crippen molar-refractivity contribution in [3.63, 3.8) is 0 Å². The number of nitrogens with zero attached hydrogens (tertiary/aromatic N) is 1. The summed E-state index contributed by atoms with van der Waals surface area (Å²) in [6.07, 6.45) is 0.293. The lowest BCUT2D eigenvalue weighted by Crippen LogP contribution is -2.14. The van der Waals surface area contributed by atoms with E-state index < -0.39 is 0 Å². The highest BCUT2D eigenvalue weighted by molar-refractivity contribution is 7.09. The van der Waals surface area contributed by atoms with Gasteiger partial charge in [-0.1, -0.05) is 6.07 Å². The standard InChI is InChI=1S/C13H14N2O2S/c1-9-14-11(8-18-9)7-13(16)15-10-4-3-5-12(6-10)17-2/h3-6,8H,7H2,1-2H3,(H,15,16). The van der Waals surface area contributed by atoms with Gasteiger partial charge in [-0.25, -0.2) is 4.98 Å². The Morgan fingerprint density at radius 3 is 3.00 bits per heavy atom. The molecular formula is C13H14N2O2S. The van der Waals surface area contributed by atoms with E-state index in [9.17, 15) is 4.79 Å². The highest BCUT2D eigenvalue weighted by Gasteiger charge is 2.07. The summed E-state index contributed by atoms with van der Waals surface area (Å²) >= 11 is 1.55. The van der Waals surface area contributed by atoms with Crippen molar-refractivity contribution in [3.05, 3.63) is 40.3 Å². The molecule has 1 aromatic carbocycles. The molecule has 94 valence electrons. The Balaban J connectivity index is 1.98. The number of rotatable bonds is 4. The smallest absolute Gasteiger partial charge is 0.230 e. The molecular weight excluding hydrogens is 248 g/mol. The zero-order valence-electron chi connectivity index (χ0n) is 10.3. The average molecular weight is 262 g/mol. The van der Waals surface area contributed by atoms with E-state index in [2.05, 4.69) is 10.3 Å². The molecule has 18 heavy (non-hydrogen) atoms. The van der Waals surface area contributed by atoms with Crippen molar-refractivity contribution in [2.75, 3.05) is 12.4 Å². The van der Waals surface area contributed by atoms with Crippen LogP contribution in [-0.2, 0) is 11.2 Å². The van der Waals surface area contributed by atoms with Crippen LogP contribution >= 0.6 is 11.3 Å². The molecule has 5 heteroatoms. The van der Waals surface area contributed by atoms with Crippen molar-refractivity contribution in [3.8, 4) is 5.75 Å². The zero-order valence-corrected chi connectivity index (χ0v) is 11.1. The van der Waals surface area contributed by atoms with Gasteiger partial charge in [-0.15, -0.1) is 11.3 Å². The molecule has 2 aromatic rings. The fraction of sp³-hybridized carbons (Fsp3) is 0.231. The molecule has 0 spiro atoms. The lowest BCUT2D eigenvalue weighted by atomic mass is 10.2. The van der Waals surface area contributed by atoms with E-state index in [0.717, 1.165) is 22.1 Å². The van der Waals surface area contributed by atoms with Crippen molar-refractivity contribution >= 4 is 22.9 Å². The summed E-state index contributed by atoms with van der Waals surface area (Å²) in [6.45, 7) is 1.92. The van der Waals surface area contributed by atoms with Crippen LogP contribution in [0.15, 0.2) is 29.6 Å². The lowest BCUT2D eigenvalue weighted by Gasteiger charge is -2.06. The molecule has 0 aliphatic heterocycles. The summed E-state index contributed by atoms with van der Waals surface area (Å²) in [5.74, 6) is 0.644. The summed E-state index contributed by atoms with van der Waals surface area (Å²) in [5.41, 5.74) is 1.53. The molecule has 1 amide bonds. The number of aryl methyl sites for hydroxylation is 1. The van der Waals surface area contributed by atoms with Crippen LogP contribution in [0.3, 0.4) is 0 Å². The molecule has 1 N–H and O–H groups in total. The number of carbonyl (C=O) groups excluding carboxylic acids is 1. The second-order valence-corrected chi connectivity index (χ2v) is 4.88. The van der Waals surface area contributed by atoms with Gasteiger partial charge >= 0.3 is 0 Å². The number of carbonyl (C=O) groups is 1. The molecule has 0 saturated heterocycles. The minimum absolute atomic E-state index is 0.0754. The quantitative estimate of drug-likeness (QED) is 0.921. The Hall–Kier alpha value is -1.88. The van der Waals surface area contributed by atoms with Crippen molar-refractivity contribution < 1.29 is 9.53 Å². The van der Waals surface area contributed by atoms with E-state index in [1.165, 1.54) is 0 Å². The largest absolute Gasteiger partial charge is 0.497 e. The van der Waals surface area contributed by atoms with Crippen LogP contribution in [0.5, 0.6) is 5.75 Å². The van der Waals surface area contributed by atoms with E-state index in [0.29, 0.717) is 6.42 Å². The van der Waals surface area contributed by atoms with Crippen LogP contribution < -0.4 is 10.1 Å². The number of benzene rings is 1. The predicted octanol–water partition coefficient (Wildman–Crippen LogP) is 2.64. The Bertz CT molecular complexity index is 551. The first-order chi connectivity index (χ1) is 8.67. The normalized spacial score (nSPS) is 10.1. The Morgan fingerprint density at radius 2 is 2.33 bits per heavy atom. The summed E-state index contributed by atoms with van der Waals surface area (Å²) in [6, 6.07) is 7.28. The molecule has 0 saturated carbocycles. The summed E-state index contributed by atoms with van der Waals surface area (Å²) in [5, 5.41) is 5.69. The maximum atomic E-state index is 11.8. The van der Waals surface area contributed by atoms with Gasteiger partial charge < -0.3 is 10.1 Å². The highest BCUT2D eigenvalue weighted by Crippen LogP contribution is 2.17. The number of methoxy groups -OCH3 is 1. The Kier molecular flexibility index (Phi) is 3.94. The molecule has 0 radical (unpaired) electrons. The maximum absolute atomic E-state index is 11.8. The number of ether oxygens (including phenoxy) is 1. The summed E-state index contributed by atoms with van der Waals surface area (Å²) in [4.78, 5) is 16.1. The second-order valence-electron chi connectivity index (χ2n) is 3.81. The van der Waals surface area contributed by atoms with E-state index >= 15 is 0 Å². The van der Waals surface area contributed by atoms with Gasteiger partial charge in [0, 0.05) is 17.1 Å². The first-order valence-corrected chi connectivity index (χ1v) is 6.40. The minimum atomic E-state index is -0.0754. The minimum Gasteiger partial charge on any atom is -0.497 e. The number of thiazole rings is 1. The third kappa shape index (κ3) is 3.30. The maximum Gasteiger partial charge on any atom is 0.230 e. The van der Waals surface area contributed by atoms with E-state index in [4.69, 9.17) is 4.74 Å². The van der Waals surface area contributed by atoms with Gasteiger partial charge in [0.05, 0.1) is 24.2 Å². The van der Waals surface area contributed by atoms with Gasteiger partial charge in [0.1, 0.15) is 5.75 Å². The summed E-state index contributed by atoms with van der Waals surface area (Å²) < 4.78 is 5.10. The SMILES string of the molecule is COc1cccc(NC(=O)Cc2csc(C)n2)c1. The first kappa shape index (κ1) is 12.6. The topological polar surface area (TPSA) is 51.2 Å². The van der Waals surface area contributed by atoms with Crippen LogP contribution in [0.25, 0.3) is 0 Å². The molecule has 1 aromatic heterocycles. The fourth-order valence-electron chi connectivity index (χ4n) is 1.56. The first-order valence-electron chi connectivity index (χ1n) is 5.52. The van der Waals surface area contributed by atoms with Gasteiger partial charge in [0.15, 0.2) is 0 Å². The van der Waals surface area contributed by atoms with Crippen molar-refractivity contribution in [2.45, 2.75) is 13.3 Å². The third-order valence-electron chi connectivity index (χ3n) is 2.36. The fourth-order valence-corrected chi connectivity index (χ4v) is 2.17. The van der Waals surface area contributed by atoms with Gasteiger partial charge in [0.25, 0.3) is 0 Å².